The van der Waals surface area contributed by atoms with Gasteiger partial charge in [0.1, 0.15) is 0 Å². The van der Waals surface area contributed by atoms with Crippen LogP contribution in [0.25, 0.3) is 11.1 Å². The van der Waals surface area contributed by atoms with Gasteiger partial charge in [-0.2, -0.15) is 0 Å². The Morgan fingerprint density at radius 1 is 1.22 bits per heavy atom. The fourth-order valence-electron chi connectivity index (χ4n) is 3.27. The third-order valence-electron chi connectivity index (χ3n) is 4.51. The Kier molecular flexibility index (Phi) is 4.72. The molecule has 1 saturated heterocycles. The highest BCUT2D eigenvalue weighted by atomic mass is 16.2. The van der Waals surface area contributed by atoms with Crippen LogP contribution >= 0.6 is 0 Å². The van der Waals surface area contributed by atoms with Gasteiger partial charge in [-0.25, -0.2) is 0 Å². The molecule has 23 heavy (non-hydrogen) atoms. The highest BCUT2D eigenvalue weighted by Gasteiger charge is 2.30. The van der Waals surface area contributed by atoms with E-state index in [2.05, 4.69) is 4.98 Å². The van der Waals surface area contributed by atoms with Crippen LogP contribution in [0, 0.1) is 0 Å². The van der Waals surface area contributed by atoms with Crippen molar-refractivity contribution in [1.82, 2.24) is 9.88 Å². The van der Waals surface area contributed by atoms with Gasteiger partial charge in [0.15, 0.2) is 0 Å². The van der Waals surface area contributed by atoms with Gasteiger partial charge in [-0.15, -0.1) is 0 Å². The van der Waals surface area contributed by atoms with Crippen molar-refractivity contribution < 1.29 is 4.79 Å². The Hall–Kier alpha value is -2.20. The van der Waals surface area contributed by atoms with Crippen molar-refractivity contribution in [2.45, 2.75) is 38.3 Å². The summed E-state index contributed by atoms with van der Waals surface area (Å²) in [5.74, 6) is 0.0391. The zero-order valence-electron chi connectivity index (χ0n) is 13.5. The van der Waals surface area contributed by atoms with Crippen LogP contribution in [-0.4, -0.2) is 34.4 Å². The molecule has 4 heteroatoms. The van der Waals surface area contributed by atoms with E-state index < -0.39 is 0 Å². The monoisotopic (exact) mass is 309 g/mol. The lowest BCUT2D eigenvalue weighted by atomic mass is 9.96. The molecule has 0 bridgehead atoms. The van der Waals surface area contributed by atoms with E-state index in [0.29, 0.717) is 5.56 Å². The lowest BCUT2D eigenvalue weighted by Gasteiger charge is -2.38. The number of benzene rings is 1. The number of likely N-dealkylation sites (tertiary alicyclic amines) is 1. The lowest BCUT2D eigenvalue weighted by Crippen LogP contribution is -2.51. The minimum absolute atomic E-state index is 0.00971. The molecular weight excluding hydrogens is 286 g/mol. The highest BCUT2D eigenvalue weighted by molar-refractivity contribution is 5.95. The maximum absolute atomic E-state index is 12.9. The SMILES string of the molecule is CC(N)C1CCCCN1C(=O)c1cncc(-c2ccccc2)c1. The maximum Gasteiger partial charge on any atom is 0.255 e. The number of hydrogen-bond donors (Lipinski definition) is 1. The first kappa shape index (κ1) is 15.7. The van der Waals surface area contributed by atoms with Crippen molar-refractivity contribution >= 4 is 5.91 Å². The van der Waals surface area contributed by atoms with Crippen LogP contribution in [0.4, 0.5) is 0 Å². The quantitative estimate of drug-likeness (QED) is 0.948. The van der Waals surface area contributed by atoms with E-state index in [1.54, 1.807) is 12.4 Å². The molecule has 2 unspecified atom stereocenters. The minimum atomic E-state index is -0.00971. The van der Waals surface area contributed by atoms with Crippen LogP contribution in [0.5, 0.6) is 0 Å². The smallest absolute Gasteiger partial charge is 0.255 e. The van der Waals surface area contributed by atoms with Crippen LogP contribution in [0.15, 0.2) is 48.8 Å². The van der Waals surface area contributed by atoms with Crippen LogP contribution in [0.2, 0.25) is 0 Å². The molecule has 0 aliphatic carbocycles. The molecular formula is C19H23N3O. The van der Waals surface area contributed by atoms with Crippen LogP contribution in [0.1, 0.15) is 36.5 Å². The summed E-state index contributed by atoms with van der Waals surface area (Å²) in [6, 6.07) is 12.0. The third kappa shape index (κ3) is 3.42. The van der Waals surface area contributed by atoms with E-state index >= 15 is 0 Å². The van der Waals surface area contributed by atoms with Crippen molar-refractivity contribution in [2.75, 3.05) is 6.54 Å². The molecule has 120 valence electrons. The number of nitrogens with two attached hydrogens (primary N) is 1. The molecule has 1 aliphatic rings. The first-order valence-corrected chi connectivity index (χ1v) is 8.24. The third-order valence-corrected chi connectivity index (χ3v) is 4.51. The number of piperidine rings is 1. The summed E-state index contributed by atoms with van der Waals surface area (Å²) in [6.07, 6.45) is 6.61. The number of carbonyl (C=O) groups is 1. The molecule has 3 rings (SSSR count). The van der Waals surface area contributed by atoms with Crippen molar-refractivity contribution in [3.8, 4) is 11.1 Å². The van der Waals surface area contributed by atoms with Gasteiger partial charge in [0, 0.05) is 36.6 Å². The Labute approximate surface area is 137 Å². The lowest BCUT2D eigenvalue weighted by molar-refractivity contribution is 0.0583. The van der Waals surface area contributed by atoms with Crippen molar-refractivity contribution in [3.05, 3.63) is 54.4 Å². The molecule has 2 aromatic rings. The summed E-state index contributed by atoms with van der Waals surface area (Å²) in [5.41, 5.74) is 8.75. The Morgan fingerprint density at radius 2 is 2.00 bits per heavy atom. The van der Waals surface area contributed by atoms with Crippen molar-refractivity contribution in [3.63, 3.8) is 0 Å². The van der Waals surface area contributed by atoms with Gasteiger partial charge >= 0.3 is 0 Å². The minimum Gasteiger partial charge on any atom is -0.334 e. The zero-order chi connectivity index (χ0) is 16.2. The molecule has 0 spiro atoms. The van der Waals surface area contributed by atoms with E-state index in [9.17, 15) is 4.79 Å². The average Bonchev–Trinajstić information content (AvgIpc) is 2.62. The molecule has 1 amide bonds. The van der Waals surface area contributed by atoms with E-state index in [1.165, 1.54) is 0 Å². The highest BCUT2D eigenvalue weighted by Crippen LogP contribution is 2.24. The second-order valence-corrected chi connectivity index (χ2v) is 6.25. The standard InChI is InChI=1S/C19H23N3O/c1-14(20)18-9-5-6-10-22(18)19(23)17-11-16(12-21-13-17)15-7-3-2-4-8-15/h2-4,7-8,11-14,18H,5-6,9-10,20H2,1H3. The van der Waals surface area contributed by atoms with Gasteiger partial charge in [0.05, 0.1) is 5.56 Å². The molecule has 1 fully saturated rings. The Balaban J connectivity index is 1.87. The number of amides is 1. The second kappa shape index (κ2) is 6.92. The topological polar surface area (TPSA) is 59.2 Å². The first-order valence-electron chi connectivity index (χ1n) is 8.24. The number of nitrogens with zero attached hydrogens (tertiary/aromatic N) is 2. The summed E-state index contributed by atoms with van der Waals surface area (Å²) in [6.45, 7) is 2.76. The number of rotatable bonds is 3. The largest absolute Gasteiger partial charge is 0.334 e. The number of pyridine rings is 1. The van der Waals surface area contributed by atoms with Gasteiger partial charge in [-0.3, -0.25) is 9.78 Å². The van der Waals surface area contributed by atoms with E-state index in [4.69, 9.17) is 5.73 Å². The molecule has 2 N–H and O–H groups in total. The molecule has 0 radical (unpaired) electrons. The Morgan fingerprint density at radius 3 is 2.74 bits per heavy atom. The molecule has 4 nitrogen and oxygen atoms in total. The summed E-state index contributed by atoms with van der Waals surface area (Å²) in [7, 11) is 0. The van der Waals surface area contributed by atoms with Crippen molar-refractivity contribution in [1.29, 1.82) is 0 Å². The number of hydrogen-bond acceptors (Lipinski definition) is 3. The molecule has 2 atom stereocenters. The molecule has 2 heterocycles. The van der Waals surface area contributed by atoms with E-state index in [0.717, 1.165) is 36.9 Å². The summed E-state index contributed by atoms with van der Waals surface area (Å²) in [4.78, 5) is 19.1. The summed E-state index contributed by atoms with van der Waals surface area (Å²) >= 11 is 0. The second-order valence-electron chi connectivity index (χ2n) is 6.25. The van der Waals surface area contributed by atoms with Gasteiger partial charge in [0.25, 0.3) is 5.91 Å². The number of carbonyl (C=O) groups excluding carboxylic acids is 1. The van der Waals surface area contributed by atoms with Crippen LogP contribution in [0.3, 0.4) is 0 Å². The maximum atomic E-state index is 12.9. The molecule has 1 aliphatic heterocycles. The first-order chi connectivity index (χ1) is 11.2. The molecule has 0 saturated carbocycles. The normalized spacial score (nSPS) is 19.4. The van der Waals surface area contributed by atoms with Gasteiger partial charge < -0.3 is 10.6 Å². The fraction of sp³-hybridized carbons (Fsp3) is 0.368. The molecule has 1 aromatic heterocycles. The summed E-state index contributed by atoms with van der Waals surface area (Å²) in [5, 5.41) is 0. The van der Waals surface area contributed by atoms with Crippen LogP contribution in [-0.2, 0) is 0 Å². The van der Waals surface area contributed by atoms with E-state index in [1.807, 2.05) is 48.2 Å². The van der Waals surface area contributed by atoms with Crippen LogP contribution < -0.4 is 5.73 Å². The predicted molar refractivity (Wildman–Crippen MR) is 92.0 cm³/mol. The predicted octanol–water partition coefficient (Wildman–Crippen LogP) is 3.09. The van der Waals surface area contributed by atoms with Crippen molar-refractivity contribution in [2.24, 2.45) is 5.73 Å². The average molecular weight is 309 g/mol. The fourth-order valence-corrected chi connectivity index (χ4v) is 3.27. The van der Waals surface area contributed by atoms with Gasteiger partial charge in [-0.1, -0.05) is 30.3 Å². The van der Waals surface area contributed by atoms with Gasteiger partial charge in [-0.05, 0) is 37.8 Å². The Bertz CT molecular complexity index is 669. The summed E-state index contributed by atoms with van der Waals surface area (Å²) < 4.78 is 0. The van der Waals surface area contributed by atoms with E-state index in [-0.39, 0.29) is 18.0 Å². The molecule has 1 aromatic carbocycles. The van der Waals surface area contributed by atoms with Gasteiger partial charge in [0.2, 0.25) is 0 Å². The zero-order valence-corrected chi connectivity index (χ0v) is 13.5. The number of aromatic nitrogens is 1.